The molecule has 0 fully saturated rings. The third kappa shape index (κ3) is 8.24. The van der Waals surface area contributed by atoms with Gasteiger partial charge in [-0.15, -0.1) is 0 Å². The van der Waals surface area contributed by atoms with Crippen LogP contribution in [0, 0.1) is 0 Å². The van der Waals surface area contributed by atoms with E-state index in [0.29, 0.717) is 12.8 Å². The summed E-state index contributed by atoms with van der Waals surface area (Å²) >= 11 is 0. The van der Waals surface area contributed by atoms with Gasteiger partial charge in [-0.3, -0.25) is 0 Å². The standard InChI is InChI=1S/C11H23NO3/c1-5-9(7-6-8-13)15-10(14)12-11(2,3)4/h9,13H,5-8H2,1-4H3,(H,12,14). The average Bonchev–Trinajstić information content (AvgIpc) is 2.09. The lowest BCUT2D eigenvalue weighted by Crippen LogP contribution is -2.42. The maximum absolute atomic E-state index is 11.4. The van der Waals surface area contributed by atoms with E-state index in [4.69, 9.17) is 9.84 Å². The molecule has 1 unspecified atom stereocenters. The SMILES string of the molecule is CCC(CCCO)OC(=O)NC(C)(C)C. The Morgan fingerprint density at radius 3 is 2.47 bits per heavy atom. The molecule has 0 aromatic rings. The Balaban J connectivity index is 3.91. The predicted octanol–water partition coefficient (Wildman–Crippen LogP) is 2.06. The van der Waals surface area contributed by atoms with E-state index < -0.39 is 0 Å². The van der Waals surface area contributed by atoms with Crippen LogP contribution in [0.15, 0.2) is 0 Å². The summed E-state index contributed by atoms with van der Waals surface area (Å²) in [6.07, 6.45) is 1.68. The second kappa shape index (κ2) is 6.67. The minimum atomic E-state index is -0.382. The Labute approximate surface area is 92.0 Å². The van der Waals surface area contributed by atoms with Crippen LogP contribution in [-0.2, 0) is 4.74 Å². The Bertz CT molecular complexity index is 187. The van der Waals surface area contributed by atoms with Crippen molar-refractivity contribution in [1.82, 2.24) is 5.32 Å². The van der Waals surface area contributed by atoms with Crippen LogP contribution >= 0.6 is 0 Å². The fourth-order valence-corrected chi connectivity index (χ4v) is 1.15. The maximum atomic E-state index is 11.4. The Kier molecular flexibility index (Phi) is 6.32. The summed E-state index contributed by atoms with van der Waals surface area (Å²) in [5.41, 5.74) is -0.271. The van der Waals surface area contributed by atoms with Gasteiger partial charge in [-0.1, -0.05) is 6.92 Å². The number of aliphatic hydroxyl groups excluding tert-OH is 1. The van der Waals surface area contributed by atoms with Crippen molar-refractivity contribution < 1.29 is 14.6 Å². The normalized spacial score (nSPS) is 13.4. The summed E-state index contributed by atoms with van der Waals surface area (Å²) in [7, 11) is 0. The lowest BCUT2D eigenvalue weighted by atomic mass is 10.1. The molecule has 0 aromatic heterocycles. The fraction of sp³-hybridized carbons (Fsp3) is 0.909. The Hall–Kier alpha value is -0.770. The minimum absolute atomic E-state index is 0.0977. The van der Waals surface area contributed by atoms with Crippen LogP contribution in [0.25, 0.3) is 0 Å². The van der Waals surface area contributed by atoms with E-state index in [9.17, 15) is 4.79 Å². The number of hydrogen-bond acceptors (Lipinski definition) is 3. The van der Waals surface area contributed by atoms with Gasteiger partial charge in [-0.25, -0.2) is 4.79 Å². The van der Waals surface area contributed by atoms with Crippen LogP contribution < -0.4 is 5.32 Å². The first kappa shape index (κ1) is 14.2. The highest BCUT2D eigenvalue weighted by Crippen LogP contribution is 2.08. The first-order valence-corrected chi connectivity index (χ1v) is 5.48. The molecule has 0 aliphatic carbocycles. The summed E-state index contributed by atoms with van der Waals surface area (Å²) in [5, 5.41) is 11.4. The molecule has 0 aromatic carbocycles. The summed E-state index contributed by atoms with van der Waals surface area (Å²) in [6.45, 7) is 7.82. The van der Waals surface area contributed by atoms with E-state index in [1.54, 1.807) is 0 Å². The summed E-state index contributed by atoms with van der Waals surface area (Å²) < 4.78 is 5.22. The number of carbonyl (C=O) groups excluding carboxylic acids is 1. The van der Waals surface area contributed by atoms with Crippen molar-refractivity contribution >= 4 is 6.09 Å². The average molecular weight is 217 g/mol. The quantitative estimate of drug-likeness (QED) is 0.741. The molecule has 0 saturated carbocycles. The highest BCUT2D eigenvalue weighted by atomic mass is 16.6. The minimum Gasteiger partial charge on any atom is -0.446 e. The molecule has 0 rings (SSSR count). The van der Waals surface area contributed by atoms with Gasteiger partial charge in [-0.05, 0) is 40.0 Å². The second-order valence-electron chi connectivity index (χ2n) is 4.68. The number of carbonyl (C=O) groups is 1. The molecule has 15 heavy (non-hydrogen) atoms. The van der Waals surface area contributed by atoms with Crippen molar-refractivity contribution in [1.29, 1.82) is 0 Å². The summed E-state index contributed by atoms with van der Waals surface area (Å²) in [6, 6.07) is 0. The zero-order valence-corrected chi connectivity index (χ0v) is 10.2. The van der Waals surface area contributed by atoms with E-state index in [1.165, 1.54) is 0 Å². The zero-order valence-electron chi connectivity index (χ0n) is 10.2. The molecule has 0 spiro atoms. The largest absolute Gasteiger partial charge is 0.446 e. The number of hydrogen-bond donors (Lipinski definition) is 2. The van der Waals surface area contributed by atoms with Gasteiger partial charge in [0.2, 0.25) is 0 Å². The van der Waals surface area contributed by atoms with Crippen molar-refractivity contribution in [2.45, 2.75) is 58.6 Å². The van der Waals surface area contributed by atoms with E-state index in [1.807, 2.05) is 27.7 Å². The van der Waals surface area contributed by atoms with Crippen molar-refractivity contribution in [3.8, 4) is 0 Å². The lowest BCUT2D eigenvalue weighted by molar-refractivity contribution is 0.0797. The van der Waals surface area contributed by atoms with E-state index >= 15 is 0 Å². The molecule has 1 atom stereocenters. The van der Waals surface area contributed by atoms with Crippen LogP contribution in [-0.4, -0.2) is 29.4 Å². The van der Waals surface area contributed by atoms with E-state index in [2.05, 4.69) is 5.32 Å². The molecule has 0 saturated heterocycles. The molecule has 0 aliphatic rings. The van der Waals surface area contributed by atoms with Crippen molar-refractivity contribution in [2.75, 3.05) is 6.61 Å². The smallest absolute Gasteiger partial charge is 0.407 e. The molecular weight excluding hydrogens is 194 g/mol. The van der Waals surface area contributed by atoms with Gasteiger partial charge in [0.05, 0.1) is 0 Å². The molecule has 90 valence electrons. The molecule has 2 N–H and O–H groups in total. The van der Waals surface area contributed by atoms with Crippen molar-refractivity contribution in [3.05, 3.63) is 0 Å². The number of alkyl carbamates (subject to hydrolysis) is 1. The number of nitrogens with one attached hydrogen (secondary N) is 1. The Morgan fingerprint density at radius 1 is 1.47 bits per heavy atom. The lowest BCUT2D eigenvalue weighted by Gasteiger charge is -2.23. The molecule has 0 heterocycles. The second-order valence-corrected chi connectivity index (χ2v) is 4.68. The van der Waals surface area contributed by atoms with Crippen LogP contribution in [0.4, 0.5) is 4.79 Å². The van der Waals surface area contributed by atoms with Gasteiger partial charge in [-0.2, -0.15) is 0 Å². The van der Waals surface area contributed by atoms with Gasteiger partial charge >= 0.3 is 6.09 Å². The monoisotopic (exact) mass is 217 g/mol. The maximum Gasteiger partial charge on any atom is 0.407 e. The predicted molar refractivity (Wildman–Crippen MR) is 59.8 cm³/mol. The van der Waals surface area contributed by atoms with Crippen molar-refractivity contribution in [3.63, 3.8) is 0 Å². The van der Waals surface area contributed by atoms with Crippen LogP contribution in [0.3, 0.4) is 0 Å². The Morgan fingerprint density at radius 2 is 2.07 bits per heavy atom. The van der Waals surface area contributed by atoms with Gasteiger partial charge in [0, 0.05) is 12.1 Å². The van der Waals surface area contributed by atoms with Gasteiger partial charge in [0.15, 0.2) is 0 Å². The van der Waals surface area contributed by atoms with Crippen LogP contribution in [0.1, 0.15) is 47.0 Å². The molecular formula is C11H23NO3. The molecule has 4 heteroatoms. The third-order valence-electron chi connectivity index (χ3n) is 1.89. The van der Waals surface area contributed by atoms with Crippen molar-refractivity contribution in [2.24, 2.45) is 0 Å². The molecule has 0 aliphatic heterocycles. The third-order valence-corrected chi connectivity index (χ3v) is 1.89. The molecule has 0 radical (unpaired) electrons. The highest BCUT2D eigenvalue weighted by molar-refractivity contribution is 5.68. The molecule has 1 amide bonds. The van der Waals surface area contributed by atoms with E-state index in [-0.39, 0.29) is 24.3 Å². The fourth-order valence-electron chi connectivity index (χ4n) is 1.15. The summed E-state index contributed by atoms with van der Waals surface area (Å²) in [5.74, 6) is 0. The first-order chi connectivity index (χ1) is 6.89. The van der Waals surface area contributed by atoms with Gasteiger partial charge in [0.25, 0.3) is 0 Å². The van der Waals surface area contributed by atoms with Crippen LogP contribution in [0.2, 0.25) is 0 Å². The summed E-state index contributed by atoms with van der Waals surface area (Å²) in [4.78, 5) is 11.4. The first-order valence-electron chi connectivity index (χ1n) is 5.48. The van der Waals surface area contributed by atoms with Gasteiger partial charge in [0.1, 0.15) is 6.10 Å². The van der Waals surface area contributed by atoms with Gasteiger partial charge < -0.3 is 15.2 Å². The zero-order chi connectivity index (χ0) is 11.9. The topological polar surface area (TPSA) is 58.6 Å². The van der Waals surface area contributed by atoms with Crippen LogP contribution in [0.5, 0.6) is 0 Å². The number of aliphatic hydroxyl groups is 1. The van der Waals surface area contributed by atoms with E-state index in [0.717, 1.165) is 6.42 Å². The molecule has 0 bridgehead atoms. The molecule has 4 nitrogen and oxygen atoms in total. The highest BCUT2D eigenvalue weighted by Gasteiger charge is 2.17. The number of ether oxygens (including phenoxy) is 1. The number of rotatable bonds is 5. The number of amides is 1.